The number of aromatic nitrogens is 3. The van der Waals surface area contributed by atoms with Gasteiger partial charge in [0.2, 0.25) is 0 Å². The molecule has 0 spiro atoms. The maximum absolute atomic E-state index is 10.3. The number of nitro groups is 1. The highest BCUT2D eigenvalue weighted by molar-refractivity contribution is 5.32. The second-order valence-electron chi connectivity index (χ2n) is 2.58. The van der Waals surface area contributed by atoms with Crippen LogP contribution in [0.4, 0.5) is 5.69 Å². The van der Waals surface area contributed by atoms with Crippen LogP contribution in [0.3, 0.4) is 0 Å². The number of hydrogen-bond acceptors (Lipinski definition) is 4. The Balaban J connectivity index is 2.36. The molecule has 2 aromatic rings. The predicted octanol–water partition coefficient (Wildman–Crippen LogP) is 1.18. The Kier molecular flexibility index (Phi) is 1.94. The van der Waals surface area contributed by atoms with Crippen molar-refractivity contribution in [3.63, 3.8) is 0 Å². The highest BCUT2D eigenvalue weighted by Gasteiger charge is 2.05. The van der Waals surface area contributed by atoms with Gasteiger partial charge >= 0.3 is 0 Å². The van der Waals surface area contributed by atoms with E-state index in [-0.39, 0.29) is 5.69 Å². The fourth-order valence-corrected chi connectivity index (χ4v) is 1.03. The summed E-state index contributed by atoms with van der Waals surface area (Å²) in [6.07, 6.45) is 4.54. The van der Waals surface area contributed by atoms with E-state index in [0.29, 0.717) is 5.82 Å². The van der Waals surface area contributed by atoms with E-state index in [1.54, 1.807) is 24.5 Å². The first-order valence-corrected chi connectivity index (χ1v) is 3.88. The van der Waals surface area contributed by atoms with Gasteiger partial charge in [-0.2, -0.15) is 5.10 Å². The lowest BCUT2D eigenvalue weighted by Crippen LogP contribution is -1.98. The summed E-state index contributed by atoms with van der Waals surface area (Å²) in [7, 11) is 0. The molecule has 70 valence electrons. The molecule has 6 nitrogen and oxygen atoms in total. The molecule has 0 saturated heterocycles. The van der Waals surface area contributed by atoms with Gasteiger partial charge in [0.05, 0.1) is 4.92 Å². The maximum atomic E-state index is 10.3. The molecule has 0 aromatic carbocycles. The Bertz CT molecular complexity index is 435. The quantitative estimate of drug-likeness (QED) is 0.526. The number of nitrogens with zero attached hydrogens (tertiary/aromatic N) is 4. The highest BCUT2D eigenvalue weighted by atomic mass is 16.6. The summed E-state index contributed by atoms with van der Waals surface area (Å²) in [5.74, 6) is 0.556. The highest BCUT2D eigenvalue weighted by Crippen LogP contribution is 2.10. The van der Waals surface area contributed by atoms with E-state index in [0.717, 1.165) is 0 Å². The third-order valence-corrected chi connectivity index (χ3v) is 1.68. The van der Waals surface area contributed by atoms with Gasteiger partial charge in [0.25, 0.3) is 5.69 Å². The zero-order chi connectivity index (χ0) is 9.97. The van der Waals surface area contributed by atoms with Crippen molar-refractivity contribution in [2.75, 3.05) is 0 Å². The second kappa shape index (κ2) is 3.25. The van der Waals surface area contributed by atoms with E-state index in [4.69, 9.17) is 0 Å². The average Bonchev–Trinajstić information content (AvgIpc) is 2.71. The molecule has 2 aromatic heterocycles. The van der Waals surface area contributed by atoms with Gasteiger partial charge in [-0.1, -0.05) is 0 Å². The summed E-state index contributed by atoms with van der Waals surface area (Å²) >= 11 is 0. The zero-order valence-corrected chi connectivity index (χ0v) is 7.07. The molecular formula is C8H6N4O2. The van der Waals surface area contributed by atoms with Crippen LogP contribution in [-0.2, 0) is 0 Å². The number of pyridine rings is 1. The van der Waals surface area contributed by atoms with E-state index in [9.17, 15) is 10.1 Å². The van der Waals surface area contributed by atoms with E-state index < -0.39 is 4.92 Å². The van der Waals surface area contributed by atoms with Crippen LogP contribution in [0.1, 0.15) is 0 Å². The molecule has 2 rings (SSSR count). The van der Waals surface area contributed by atoms with Crippen molar-refractivity contribution in [3.8, 4) is 5.82 Å². The third-order valence-electron chi connectivity index (χ3n) is 1.68. The summed E-state index contributed by atoms with van der Waals surface area (Å²) in [4.78, 5) is 13.8. The first-order chi connectivity index (χ1) is 6.77. The van der Waals surface area contributed by atoms with Crippen molar-refractivity contribution in [1.82, 2.24) is 14.8 Å². The number of hydrogen-bond donors (Lipinski definition) is 0. The Morgan fingerprint density at radius 1 is 1.43 bits per heavy atom. The van der Waals surface area contributed by atoms with Crippen LogP contribution in [0, 0.1) is 10.1 Å². The first kappa shape index (κ1) is 8.36. The van der Waals surface area contributed by atoms with Crippen LogP contribution in [0.2, 0.25) is 0 Å². The molecule has 0 aliphatic carbocycles. The minimum Gasteiger partial charge on any atom is -0.258 e. The van der Waals surface area contributed by atoms with Gasteiger partial charge in [-0.3, -0.25) is 10.1 Å². The molecule has 14 heavy (non-hydrogen) atoms. The minimum absolute atomic E-state index is 0.0269. The molecule has 0 bridgehead atoms. The smallest absolute Gasteiger partial charge is 0.258 e. The van der Waals surface area contributed by atoms with Crippen molar-refractivity contribution in [1.29, 1.82) is 0 Å². The molecule has 6 heteroatoms. The van der Waals surface area contributed by atoms with Crippen LogP contribution < -0.4 is 0 Å². The SMILES string of the molecule is O=[N+]([O-])c1ccc(-n2cccn2)nc1. The van der Waals surface area contributed by atoms with Crippen molar-refractivity contribution in [3.05, 3.63) is 46.9 Å². The van der Waals surface area contributed by atoms with Gasteiger partial charge in [-0.05, 0) is 12.1 Å². The van der Waals surface area contributed by atoms with Gasteiger partial charge in [-0.25, -0.2) is 9.67 Å². The maximum Gasteiger partial charge on any atom is 0.287 e. The summed E-state index contributed by atoms with van der Waals surface area (Å²) < 4.78 is 1.53. The van der Waals surface area contributed by atoms with Crippen molar-refractivity contribution in [2.24, 2.45) is 0 Å². The first-order valence-electron chi connectivity index (χ1n) is 3.88. The van der Waals surface area contributed by atoms with Crippen LogP contribution in [0.15, 0.2) is 36.8 Å². The standard InChI is InChI=1S/C8H6N4O2/c13-12(14)7-2-3-8(9-6-7)11-5-1-4-10-11/h1-6H. The van der Waals surface area contributed by atoms with Crippen molar-refractivity contribution in [2.45, 2.75) is 0 Å². The molecule has 2 heterocycles. The lowest BCUT2D eigenvalue weighted by Gasteiger charge is -1.97. The molecule has 0 radical (unpaired) electrons. The molecule has 0 fully saturated rings. The number of rotatable bonds is 2. The second-order valence-corrected chi connectivity index (χ2v) is 2.58. The summed E-state index contributed by atoms with van der Waals surface area (Å²) in [6.45, 7) is 0. The topological polar surface area (TPSA) is 73.8 Å². The molecule has 0 saturated carbocycles. The molecule has 0 N–H and O–H groups in total. The Labute approximate surface area is 79.0 Å². The van der Waals surface area contributed by atoms with Gasteiger partial charge in [-0.15, -0.1) is 0 Å². The lowest BCUT2D eigenvalue weighted by atomic mass is 10.4. The Hall–Kier alpha value is -2.24. The lowest BCUT2D eigenvalue weighted by molar-refractivity contribution is -0.385. The molecular weight excluding hydrogens is 184 g/mol. The summed E-state index contributed by atoms with van der Waals surface area (Å²) in [6, 6.07) is 4.69. The van der Waals surface area contributed by atoms with Crippen LogP contribution >= 0.6 is 0 Å². The Morgan fingerprint density at radius 2 is 2.29 bits per heavy atom. The molecule has 0 aliphatic heterocycles. The monoisotopic (exact) mass is 190 g/mol. The van der Waals surface area contributed by atoms with E-state index >= 15 is 0 Å². The van der Waals surface area contributed by atoms with Crippen LogP contribution in [-0.4, -0.2) is 19.7 Å². The van der Waals surface area contributed by atoms with Crippen molar-refractivity contribution < 1.29 is 4.92 Å². The van der Waals surface area contributed by atoms with Crippen LogP contribution in [0.5, 0.6) is 0 Å². The summed E-state index contributed by atoms with van der Waals surface area (Å²) in [5.41, 5.74) is -0.0269. The molecule has 0 aliphatic rings. The summed E-state index contributed by atoms with van der Waals surface area (Å²) in [5, 5.41) is 14.3. The van der Waals surface area contributed by atoms with Gasteiger partial charge in [0.15, 0.2) is 5.82 Å². The normalized spacial score (nSPS) is 10.0. The van der Waals surface area contributed by atoms with Gasteiger partial charge < -0.3 is 0 Å². The van der Waals surface area contributed by atoms with Gasteiger partial charge in [0.1, 0.15) is 6.20 Å². The fraction of sp³-hybridized carbons (Fsp3) is 0. The van der Waals surface area contributed by atoms with E-state index in [1.807, 2.05) is 0 Å². The predicted molar refractivity (Wildman–Crippen MR) is 48.0 cm³/mol. The molecule has 0 atom stereocenters. The molecule has 0 unspecified atom stereocenters. The van der Waals surface area contributed by atoms with Crippen LogP contribution in [0.25, 0.3) is 5.82 Å². The zero-order valence-electron chi connectivity index (χ0n) is 7.07. The van der Waals surface area contributed by atoms with Crippen molar-refractivity contribution >= 4 is 5.69 Å². The fourth-order valence-electron chi connectivity index (χ4n) is 1.03. The molecule has 0 amide bonds. The average molecular weight is 190 g/mol. The Morgan fingerprint density at radius 3 is 2.79 bits per heavy atom. The van der Waals surface area contributed by atoms with E-state index in [2.05, 4.69) is 10.1 Å². The third kappa shape index (κ3) is 1.45. The van der Waals surface area contributed by atoms with E-state index in [1.165, 1.54) is 16.9 Å². The van der Waals surface area contributed by atoms with Gasteiger partial charge in [0, 0.05) is 18.5 Å². The largest absolute Gasteiger partial charge is 0.287 e. The minimum atomic E-state index is -0.486.